The molecule has 1 fully saturated rings. The Bertz CT molecular complexity index is 701. The highest BCUT2D eigenvalue weighted by Gasteiger charge is 2.30. The third-order valence-corrected chi connectivity index (χ3v) is 6.44. The van der Waals surface area contributed by atoms with Gasteiger partial charge in [-0.05, 0) is 36.5 Å². The Kier molecular flexibility index (Phi) is 5.09. The fourth-order valence-electron chi connectivity index (χ4n) is 3.70. The monoisotopic (exact) mass is 352 g/mol. The van der Waals surface area contributed by atoms with Gasteiger partial charge in [0.1, 0.15) is 0 Å². The number of thioether (sulfide) groups is 1. The highest BCUT2D eigenvalue weighted by molar-refractivity contribution is 8.01. The first-order valence-electron chi connectivity index (χ1n) is 9.09. The summed E-state index contributed by atoms with van der Waals surface area (Å²) in [5, 5.41) is 3.34. The molecule has 0 aromatic heterocycles. The maximum Gasteiger partial charge on any atom is 0.234 e. The van der Waals surface area contributed by atoms with Gasteiger partial charge in [-0.2, -0.15) is 0 Å². The predicted molar refractivity (Wildman–Crippen MR) is 103 cm³/mol. The first-order chi connectivity index (χ1) is 12.3. The van der Waals surface area contributed by atoms with Gasteiger partial charge >= 0.3 is 0 Å². The van der Waals surface area contributed by atoms with Crippen LogP contribution in [0.1, 0.15) is 24.0 Å². The molecule has 3 nitrogen and oxygen atoms in total. The normalized spacial score (nSPS) is 21.0. The highest BCUT2D eigenvalue weighted by atomic mass is 32.2. The maximum atomic E-state index is 12.6. The number of amides is 1. The summed E-state index contributed by atoms with van der Waals surface area (Å²) < 4.78 is 0. The number of hydrogen-bond donors (Lipinski definition) is 1. The molecule has 0 aliphatic carbocycles. The van der Waals surface area contributed by atoms with Crippen LogP contribution in [0, 0.1) is 0 Å². The van der Waals surface area contributed by atoms with Crippen molar-refractivity contribution in [3.05, 3.63) is 65.7 Å². The van der Waals surface area contributed by atoms with E-state index < -0.39 is 0 Å². The molecule has 4 rings (SSSR count). The quantitative estimate of drug-likeness (QED) is 0.914. The molecule has 4 heteroatoms. The number of piperidine rings is 1. The molecular weight excluding hydrogens is 328 g/mol. The average Bonchev–Trinajstić information content (AvgIpc) is 3.09. The number of likely N-dealkylation sites (tertiary alicyclic amines) is 1. The van der Waals surface area contributed by atoms with Crippen molar-refractivity contribution in [1.29, 1.82) is 0 Å². The predicted octanol–water partition coefficient (Wildman–Crippen LogP) is 3.48. The van der Waals surface area contributed by atoms with Crippen LogP contribution in [0.4, 0.5) is 0 Å². The van der Waals surface area contributed by atoms with Gasteiger partial charge in [-0.25, -0.2) is 0 Å². The zero-order chi connectivity index (χ0) is 17.1. The van der Waals surface area contributed by atoms with Crippen molar-refractivity contribution in [3.63, 3.8) is 0 Å². The minimum absolute atomic E-state index is 0.0414. The lowest BCUT2D eigenvalue weighted by molar-refractivity contribution is -0.121. The largest absolute Gasteiger partial charge is 0.352 e. The van der Waals surface area contributed by atoms with Crippen LogP contribution in [0.5, 0.6) is 0 Å². The van der Waals surface area contributed by atoms with E-state index in [0.717, 1.165) is 38.9 Å². The minimum atomic E-state index is 0.0414. The van der Waals surface area contributed by atoms with E-state index in [1.165, 1.54) is 16.0 Å². The molecule has 1 atom stereocenters. The van der Waals surface area contributed by atoms with Gasteiger partial charge in [-0.15, -0.1) is 11.8 Å². The molecule has 0 saturated carbocycles. The van der Waals surface area contributed by atoms with Crippen LogP contribution in [0.15, 0.2) is 59.5 Å². The van der Waals surface area contributed by atoms with E-state index in [0.29, 0.717) is 6.04 Å². The molecule has 0 spiro atoms. The molecule has 0 bridgehead atoms. The first-order valence-corrected chi connectivity index (χ1v) is 9.97. The van der Waals surface area contributed by atoms with E-state index in [9.17, 15) is 4.79 Å². The van der Waals surface area contributed by atoms with Gasteiger partial charge in [0, 0.05) is 30.6 Å². The van der Waals surface area contributed by atoms with Crippen molar-refractivity contribution in [2.24, 2.45) is 0 Å². The van der Waals surface area contributed by atoms with E-state index in [1.54, 1.807) is 11.8 Å². The standard InChI is InChI=1S/C21H24N2OS/c24-21(20-14-17-8-4-5-9-19(17)25-20)22-18-10-12-23(13-11-18)15-16-6-2-1-3-7-16/h1-9,18,20H,10-15H2,(H,22,24). The minimum Gasteiger partial charge on any atom is -0.352 e. The first kappa shape index (κ1) is 16.7. The number of nitrogens with one attached hydrogen (secondary N) is 1. The summed E-state index contributed by atoms with van der Waals surface area (Å²) >= 11 is 1.71. The Labute approximate surface area is 153 Å². The molecule has 2 aromatic rings. The Balaban J connectivity index is 1.24. The fourth-order valence-corrected chi connectivity index (χ4v) is 4.90. The smallest absolute Gasteiger partial charge is 0.234 e. The molecule has 1 saturated heterocycles. The molecule has 2 aromatic carbocycles. The van der Waals surface area contributed by atoms with E-state index in [1.807, 2.05) is 0 Å². The van der Waals surface area contributed by atoms with Gasteiger partial charge < -0.3 is 5.32 Å². The topological polar surface area (TPSA) is 32.3 Å². The summed E-state index contributed by atoms with van der Waals surface area (Å²) in [6.07, 6.45) is 2.95. The van der Waals surface area contributed by atoms with Gasteiger partial charge in [0.2, 0.25) is 5.91 Å². The van der Waals surface area contributed by atoms with Crippen LogP contribution in [0.25, 0.3) is 0 Å². The second kappa shape index (κ2) is 7.63. The van der Waals surface area contributed by atoms with E-state index in [-0.39, 0.29) is 11.2 Å². The van der Waals surface area contributed by atoms with E-state index in [4.69, 9.17) is 0 Å². The molecule has 2 aliphatic heterocycles. The van der Waals surface area contributed by atoms with Crippen molar-refractivity contribution >= 4 is 17.7 Å². The van der Waals surface area contributed by atoms with Crippen LogP contribution in [-0.2, 0) is 17.8 Å². The van der Waals surface area contributed by atoms with Crippen molar-refractivity contribution in [3.8, 4) is 0 Å². The Morgan fingerprint density at radius 3 is 2.52 bits per heavy atom. The molecule has 1 N–H and O–H groups in total. The third kappa shape index (κ3) is 4.07. The van der Waals surface area contributed by atoms with Crippen LogP contribution in [0.3, 0.4) is 0 Å². The number of nitrogens with zero attached hydrogens (tertiary/aromatic N) is 1. The summed E-state index contributed by atoms with van der Waals surface area (Å²) in [5.41, 5.74) is 2.68. The lowest BCUT2D eigenvalue weighted by Crippen LogP contribution is -2.46. The van der Waals surface area contributed by atoms with Crippen molar-refractivity contribution < 1.29 is 4.79 Å². The van der Waals surface area contributed by atoms with Gasteiger partial charge in [0.05, 0.1) is 5.25 Å². The summed E-state index contributed by atoms with van der Waals surface area (Å²) in [5.74, 6) is 0.211. The number of hydrogen-bond acceptors (Lipinski definition) is 3. The Morgan fingerprint density at radius 1 is 1.04 bits per heavy atom. The summed E-state index contributed by atoms with van der Waals surface area (Å²) in [6.45, 7) is 3.12. The van der Waals surface area contributed by atoms with Crippen LogP contribution in [0.2, 0.25) is 0 Å². The van der Waals surface area contributed by atoms with Crippen molar-refractivity contribution in [2.75, 3.05) is 13.1 Å². The molecule has 130 valence electrons. The van der Waals surface area contributed by atoms with E-state index >= 15 is 0 Å². The van der Waals surface area contributed by atoms with Crippen LogP contribution < -0.4 is 5.32 Å². The number of fused-ring (bicyclic) bond motifs is 1. The zero-order valence-electron chi connectivity index (χ0n) is 14.4. The Hall–Kier alpha value is -1.78. The third-order valence-electron chi connectivity index (χ3n) is 5.12. The molecule has 2 heterocycles. The summed E-state index contributed by atoms with van der Waals surface area (Å²) in [4.78, 5) is 16.4. The highest BCUT2D eigenvalue weighted by Crippen LogP contribution is 2.36. The number of benzene rings is 2. The Morgan fingerprint density at radius 2 is 1.76 bits per heavy atom. The van der Waals surface area contributed by atoms with Gasteiger partial charge in [0.25, 0.3) is 0 Å². The lowest BCUT2D eigenvalue weighted by Gasteiger charge is -2.32. The van der Waals surface area contributed by atoms with Crippen LogP contribution in [-0.4, -0.2) is 35.2 Å². The second-order valence-corrected chi connectivity index (χ2v) is 8.21. The van der Waals surface area contributed by atoms with Crippen LogP contribution >= 0.6 is 11.8 Å². The molecule has 0 radical (unpaired) electrons. The summed E-state index contributed by atoms with van der Waals surface area (Å²) in [6, 6.07) is 19.3. The van der Waals surface area contributed by atoms with Gasteiger partial charge in [-0.1, -0.05) is 48.5 Å². The molecule has 2 aliphatic rings. The number of rotatable bonds is 4. The number of carbonyl (C=O) groups is 1. The average molecular weight is 353 g/mol. The van der Waals surface area contributed by atoms with Crippen molar-refractivity contribution in [2.45, 2.75) is 42.0 Å². The SMILES string of the molecule is O=C(NC1CCN(Cc2ccccc2)CC1)C1Cc2ccccc2S1. The lowest BCUT2D eigenvalue weighted by atomic mass is 10.0. The second-order valence-electron chi connectivity index (χ2n) is 6.96. The molecular formula is C21H24N2OS. The summed E-state index contributed by atoms with van der Waals surface area (Å²) in [7, 11) is 0. The fraction of sp³-hybridized carbons (Fsp3) is 0.381. The van der Waals surface area contributed by atoms with Gasteiger partial charge in [0.15, 0.2) is 0 Å². The molecule has 25 heavy (non-hydrogen) atoms. The molecule has 1 amide bonds. The number of carbonyl (C=O) groups excluding carboxylic acids is 1. The van der Waals surface area contributed by atoms with E-state index in [2.05, 4.69) is 64.8 Å². The maximum absolute atomic E-state index is 12.6. The van der Waals surface area contributed by atoms with Crippen molar-refractivity contribution in [1.82, 2.24) is 10.2 Å². The molecule has 1 unspecified atom stereocenters. The van der Waals surface area contributed by atoms with Gasteiger partial charge in [-0.3, -0.25) is 9.69 Å². The zero-order valence-corrected chi connectivity index (χ0v) is 15.2.